The lowest BCUT2D eigenvalue weighted by Crippen LogP contribution is -2.18. The first-order chi connectivity index (χ1) is 16.7. The number of aromatic nitrogens is 5. The summed E-state index contributed by atoms with van der Waals surface area (Å²) in [6.45, 7) is 1.39. The summed E-state index contributed by atoms with van der Waals surface area (Å²) in [6, 6.07) is 12.8. The highest BCUT2D eigenvalue weighted by atomic mass is 16.7. The van der Waals surface area contributed by atoms with Crippen LogP contribution in [-0.2, 0) is 0 Å². The fourth-order valence-corrected chi connectivity index (χ4v) is 4.18. The van der Waals surface area contributed by atoms with Crippen molar-refractivity contribution < 1.29 is 18.9 Å². The fourth-order valence-electron chi connectivity index (χ4n) is 4.18. The van der Waals surface area contributed by atoms with E-state index in [9.17, 15) is 4.79 Å². The van der Waals surface area contributed by atoms with Gasteiger partial charge in [0, 0.05) is 30.4 Å². The Balaban J connectivity index is 1.33. The molecule has 0 saturated carbocycles. The first kappa shape index (κ1) is 18.9. The fraction of sp³-hybridized carbons (Fsp3) is 0.167. The first-order valence-corrected chi connectivity index (χ1v) is 10.8. The summed E-state index contributed by atoms with van der Waals surface area (Å²) in [7, 11) is 0. The molecule has 2 aliphatic rings. The van der Waals surface area contributed by atoms with E-state index in [0.29, 0.717) is 64.4 Å². The zero-order chi connectivity index (χ0) is 22.6. The van der Waals surface area contributed by atoms with E-state index in [4.69, 9.17) is 18.9 Å². The van der Waals surface area contributed by atoms with Crippen LogP contribution >= 0.6 is 0 Å². The average molecular weight is 455 g/mol. The van der Waals surface area contributed by atoms with Crippen molar-refractivity contribution in [2.24, 2.45) is 0 Å². The smallest absolute Gasteiger partial charge is 0.266 e. The number of nitrogens with zero attached hydrogens (tertiary/aromatic N) is 5. The molecule has 168 valence electrons. The standard InChI is InChI=1S/C24H17N5O5/c30-23-16-12-25-24-26-22(14-2-4-18-20(10-14)32-9-1-8-31-18)27-29(24)17(16)6-7-28(23)15-3-5-19-21(11-15)34-13-33-19/h2-7,10-12H,1,8-9,13H2. The Morgan fingerprint density at radius 2 is 1.65 bits per heavy atom. The highest BCUT2D eigenvalue weighted by molar-refractivity contribution is 5.79. The Labute approximate surface area is 191 Å². The molecule has 0 N–H and O–H groups in total. The van der Waals surface area contributed by atoms with Gasteiger partial charge in [0.05, 0.1) is 29.8 Å². The summed E-state index contributed by atoms with van der Waals surface area (Å²) < 4.78 is 25.4. The second-order valence-electron chi connectivity index (χ2n) is 7.94. The quantitative estimate of drug-likeness (QED) is 0.400. The molecule has 0 unspecified atom stereocenters. The van der Waals surface area contributed by atoms with Gasteiger partial charge in [0.2, 0.25) is 6.79 Å². The lowest BCUT2D eigenvalue weighted by Gasteiger charge is -2.08. The molecule has 0 atom stereocenters. The molecular weight excluding hydrogens is 438 g/mol. The number of ether oxygens (including phenoxy) is 4. The van der Waals surface area contributed by atoms with Gasteiger partial charge in [-0.25, -0.2) is 4.98 Å². The minimum Gasteiger partial charge on any atom is -0.490 e. The Morgan fingerprint density at radius 1 is 0.853 bits per heavy atom. The number of pyridine rings is 1. The van der Waals surface area contributed by atoms with Gasteiger partial charge < -0.3 is 18.9 Å². The molecule has 2 aliphatic heterocycles. The SMILES string of the molecule is O=c1c2cnc3nc(-c4ccc5c(c4)OCCCO5)nn3c2ccn1-c1ccc2c(c1)OCO2. The Hall–Kier alpha value is -4.60. The van der Waals surface area contributed by atoms with Gasteiger partial charge in [0.25, 0.3) is 11.3 Å². The van der Waals surface area contributed by atoms with E-state index < -0.39 is 0 Å². The van der Waals surface area contributed by atoms with Crippen molar-refractivity contribution in [3.05, 3.63) is 65.2 Å². The van der Waals surface area contributed by atoms with E-state index in [1.807, 2.05) is 30.3 Å². The predicted octanol–water partition coefficient (Wildman–Crippen LogP) is 2.99. The largest absolute Gasteiger partial charge is 0.490 e. The molecule has 0 saturated heterocycles. The van der Waals surface area contributed by atoms with E-state index in [1.165, 1.54) is 6.20 Å². The van der Waals surface area contributed by atoms with Crippen molar-refractivity contribution in [2.75, 3.05) is 20.0 Å². The molecule has 0 spiro atoms. The Bertz CT molecular complexity index is 1660. The summed E-state index contributed by atoms with van der Waals surface area (Å²) in [6.07, 6.45) is 4.07. The molecule has 0 fully saturated rings. The third-order valence-electron chi connectivity index (χ3n) is 5.87. The molecule has 34 heavy (non-hydrogen) atoms. The maximum absolute atomic E-state index is 13.3. The zero-order valence-corrected chi connectivity index (χ0v) is 17.8. The van der Waals surface area contributed by atoms with Crippen molar-refractivity contribution in [3.8, 4) is 40.1 Å². The van der Waals surface area contributed by atoms with Gasteiger partial charge in [-0.05, 0) is 36.4 Å². The summed E-state index contributed by atoms with van der Waals surface area (Å²) in [5, 5.41) is 5.06. The van der Waals surface area contributed by atoms with Crippen LogP contribution in [0.3, 0.4) is 0 Å². The van der Waals surface area contributed by atoms with Crippen LogP contribution in [0.4, 0.5) is 0 Å². The van der Waals surface area contributed by atoms with Crippen LogP contribution < -0.4 is 24.5 Å². The summed E-state index contributed by atoms with van der Waals surface area (Å²) in [5.41, 5.74) is 1.83. The van der Waals surface area contributed by atoms with Crippen molar-refractivity contribution in [3.63, 3.8) is 0 Å². The van der Waals surface area contributed by atoms with E-state index in [2.05, 4.69) is 15.1 Å². The van der Waals surface area contributed by atoms with Crippen LogP contribution in [0.15, 0.2) is 59.7 Å². The van der Waals surface area contributed by atoms with Crippen molar-refractivity contribution >= 4 is 16.7 Å². The normalized spacial score (nSPS) is 14.5. The van der Waals surface area contributed by atoms with Crippen LogP contribution in [-0.4, -0.2) is 44.2 Å². The predicted molar refractivity (Wildman–Crippen MR) is 121 cm³/mol. The van der Waals surface area contributed by atoms with Gasteiger partial charge in [-0.15, -0.1) is 5.10 Å². The number of hydrogen-bond acceptors (Lipinski definition) is 8. The van der Waals surface area contributed by atoms with E-state index in [0.717, 1.165) is 12.0 Å². The van der Waals surface area contributed by atoms with Gasteiger partial charge >= 0.3 is 0 Å². The second kappa shape index (κ2) is 7.20. The minimum atomic E-state index is -0.224. The molecule has 10 nitrogen and oxygen atoms in total. The van der Waals surface area contributed by atoms with Crippen molar-refractivity contribution in [1.29, 1.82) is 0 Å². The highest BCUT2D eigenvalue weighted by Crippen LogP contribution is 2.34. The van der Waals surface area contributed by atoms with Crippen LogP contribution in [0, 0.1) is 0 Å². The summed E-state index contributed by atoms with van der Waals surface area (Å²) >= 11 is 0. The molecule has 0 amide bonds. The summed E-state index contributed by atoms with van der Waals surface area (Å²) in [4.78, 5) is 22.2. The van der Waals surface area contributed by atoms with Crippen molar-refractivity contribution in [2.45, 2.75) is 6.42 Å². The lowest BCUT2D eigenvalue weighted by molar-refractivity contribution is 0.174. The van der Waals surface area contributed by atoms with Gasteiger partial charge in [-0.2, -0.15) is 9.50 Å². The molecule has 5 aromatic rings. The zero-order valence-electron chi connectivity index (χ0n) is 17.8. The molecule has 0 radical (unpaired) electrons. The van der Waals surface area contributed by atoms with E-state index in [1.54, 1.807) is 27.4 Å². The molecule has 0 bridgehead atoms. The maximum Gasteiger partial charge on any atom is 0.266 e. The molecule has 3 aromatic heterocycles. The second-order valence-corrected chi connectivity index (χ2v) is 7.94. The Morgan fingerprint density at radius 3 is 2.59 bits per heavy atom. The number of hydrogen-bond donors (Lipinski definition) is 0. The molecule has 7 rings (SSSR count). The minimum absolute atomic E-state index is 0.172. The summed E-state index contributed by atoms with van der Waals surface area (Å²) in [5.74, 6) is 3.52. The maximum atomic E-state index is 13.3. The van der Waals surface area contributed by atoms with Gasteiger partial charge in [-0.1, -0.05) is 0 Å². The van der Waals surface area contributed by atoms with Gasteiger partial charge in [0.15, 0.2) is 28.8 Å². The topological polar surface area (TPSA) is 102 Å². The van der Waals surface area contributed by atoms with Crippen LogP contribution in [0.1, 0.15) is 6.42 Å². The number of rotatable bonds is 2. The van der Waals surface area contributed by atoms with Crippen LogP contribution in [0.5, 0.6) is 23.0 Å². The first-order valence-electron chi connectivity index (χ1n) is 10.8. The average Bonchev–Trinajstić information content (AvgIpc) is 3.45. The molecule has 5 heterocycles. The third-order valence-corrected chi connectivity index (χ3v) is 5.87. The van der Waals surface area contributed by atoms with E-state index >= 15 is 0 Å². The van der Waals surface area contributed by atoms with E-state index in [-0.39, 0.29) is 12.4 Å². The molecule has 10 heteroatoms. The Kier molecular flexibility index (Phi) is 4.01. The van der Waals surface area contributed by atoms with Crippen LogP contribution in [0.2, 0.25) is 0 Å². The van der Waals surface area contributed by atoms with Crippen LogP contribution in [0.25, 0.3) is 33.8 Å². The monoisotopic (exact) mass is 455 g/mol. The molecule has 0 aliphatic carbocycles. The third kappa shape index (κ3) is 2.88. The number of benzene rings is 2. The molecular formula is C24H17N5O5. The highest BCUT2D eigenvalue weighted by Gasteiger charge is 2.18. The van der Waals surface area contributed by atoms with Gasteiger partial charge in [0.1, 0.15) is 0 Å². The van der Waals surface area contributed by atoms with Gasteiger partial charge in [-0.3, -0.25) is 9.36 Å². The molecule has 2 aromatic carbocycles. The lowest BCUT2D eigenvalue weighted by atomic mass is 10.2. The number of fused-ring (bicyclic) bond motifs is 5. The van der Waals surface area contributed by atoms with Crippen molar-refractivity contribution in [1.82, 2.24) is 24.1 Å².